The summed E-state index contributed by atoms with van der Waals surface area (Å²) >= 11 is 0. The topological polar surface area (TPSA) is 86.9 Å². The third-order valence-corrected chi connectivity index (χ3v) is 4.73. The summed E-state index contributed by atoms with van der Waals surface area (Å²) in [6, 6.07) is 1.51. The van der Waals surface area contributed by atoms with Gasteiger partial charge in [0.25, 0.3) is 0 Å². The second-order valence-electron chi connectivity index (χ2n) is 5.92. The molecule has 7 nitrogen and oxygen atoms in total. The van der Waals surface area contributed by atoms with Crippen molar-refractivity contribution in [2.75, 3.05) is 28.4 Å². The van der Waals surface area contributed by atoms with Crippen molar-refractivity contribution in [2.45, 2.75) is 25.4 Å². The predicted octanol–water partition coefficient (Wildman–Crippen LogP) is 2.25. The first-order chi connectivity index (χ1) is 12.0. The zero-order valence-electron chi connectivity index (χ0n) is 14.7. The van der Waals surface area contributed by atoms with Crippen molar-refractivity contribution >= 4 is 22.8 Å². The quantitative estimate of drug-likeness (QED) is 0.854. The van der Waals surface area contributed by atoms with Gasteiger partial charge in [-0.3, -0.25) is 0 Å². The van der Waals surface area contributed by atoms with Gasteiger partial charge in [0.05, 0.1) is 44.1 Å². The van der Waals surface area contributed by atoms with Crippen LogP contribution in [0.4, 0.5) is 0 Å². The number of aromatic nitrogens is 1. The predicted molar refractivity (Wildman–Crippen MR) is 90.4 cm³/mol. The number of carbonyl (C=O) groups is 2. The lowest BCUT2D eigenvalue weighted by Crippen LogP contribution is -2.21. The summed E-state index contributed by atoms with van der Waals surface area (Å²) in [4.78, 5) is 28.1. The molecule has 0 radical (unpaired) electrons. The van der Waals surface area contributed by atoms with E-state index in [1.54, 1.807) is 7.11 Å². The summed E-state index contributed by atoms with van der Waals surface area (Å²) < 4.78 is 20.7. The van der Waals surface area contributed by atoms with E-state index in [2.05, 4.69) is 4.98 Å². The summed E-state index contributed by atoms with van der Waals surface area (Å²) in [7, 11) is 5.75. The fraction of sp³-hybridized carbons (Fsp3) is 0.444. The first-order valence-electron chi connectivity index (χ1n) is 7.99. The second kappa shape index (κ2) is 6.76. The molecule has 25 heavy (non-hydrogen) atoms. The van der Waals surface area contributed by atoms with Crippen molar-refractivity contribution in [3.8, 4) is 5.75 Å². The molecule has 1 aliphatic carbocycles. The molecule has 1 unspecified atom stereocenters. The first-order valence-corrected chi connectivity index (χ1v) is 7.99. The fourth-order valence-electron chi connectivity index (χ4n) is 3.48. The Labute approximate surface area is 145 Å². The number of H-pyrrole nitrogens is 1. The number of nitrogens with one attached hydrogen (secondary N) is 1. The minimum Gasteiger partial charge on any atom is -0.495 e. The zero-order valence-corrected chi connectivity index (χ0v) is 14.7. The first kappa shape index (κ1) is 17.3. The van der Waals surface area contributed by atoms with Crippen LogP contribution in [0.5, 0.6) is 5.75 Å². The van der Waals surface area contributed by atoms with Crippen molar-refractivity contribution in [3.05, 3.63) is 28.5 Å². The van der Waals surface area contributed by atoms with Gasteiger partial charge >= 0.3 is 11.9 Å². The van der Waals surface area contributed by atoms with Crippen LogP contribution in [0.3, 0.4) is 0 Å². The van der Waals surface area contributed by atoms with Gasteiger partial charge < -0.3 is 23.9 Å². The van der Waals surface area contributed by atoms with Crippen LogP contribution in [0, 0.1) is 0 Å². The van der Waals surface area contributed by atoms with E-state index in [0.29, 0.717) is 23.1 Å². The van der Waals surface area contributed by atoms with Crippen LogP contribution in [0.15, 0.2) is 6.07 Å². The zero-order chi connectivity index (χ0) is 18.1. The van der Waals surface area contributed by atoms with E-state index in [-0.39, 0.29) is 17.2 Å². The Morgan fingerprint density at radius 1 is 1.12 bits per heavy atom. The van der Waals surface area contributed by atoms with E-state index >= 15 is 0 Å². The normalized spacial score (nSPS) is 16.4. The number of methoxy groups -OCH3 is 4. The summed E-state index contributed by atoms with van der Waals surface area (Å²) in [5, 5.41) is 0.642. The maximum atomic E-state index is 12.5. The standard InChI is InChI=1S/C18H21NO6/c1-22-9-5-6-12-10(7-9)14-15(18(21)25-4)11(17(20)24-3)8-13(23-2)16(14)19-12/h8-9,19H,5-7H2,1-4H3. The molecule has 0 fully saturated rings. The number of fused-ring (bicyclic) bond motifs is 3. The molecule has 1 N–H and O–H groups in total. The number of ether oxygens (including phenoxy) is 4. The van der Waals surface area contributed by atoms with Gasteiger partial charge in [-0.2, -0.15) is 0 Å². The Morgan fingerprint density at radius 2 is 1.84 bits per heavy atom. The van der Waals surface area contributed by atoms with E-state index in [1.165, 1.54) is 27.4 Å². The second-order valence-corrected chi connectivity index (χ2v) is 5.92. The molecule has 1 aromatic carbocycles. The molecule has 0 aliphatic heterocycles. The maximum Gasteiger partial charge on any atom is 0.339 e. The van der Waals surface area contributed by atoms with Gasteiger partial charge in [0, 0.05) is 24.6 Å². The minimum atomic E-state index is -0.616. The maximum absolute atomic E-state index is 12.5. The largest absolute Gasteiger partial charge is 0.495 e. The fourth-order valence-corrected chi connectivity index (χ4v) is 3.48. The third-order valence-electron chi connectivity index (χ3n) is 4.73. The highest BCUT2D eigenvalue weighted by Gasteiger charge is 2.31. The SMILES string of the molecule is COC(=O)c1cc(OC)c2[nH]c3c(c2c1C(=O)OC)CC(OC)CC3. The molecule has 1 heterocycles. The van der Waals surface area contributed by atoms with Crippen LogP contribution in [0.2, 0.25) is 0 Å². The van der Waals surface area contributed by atoms with Gasteiger partial charge in [-0.25, -0.2) is 9.59 Å². The molecule has 1 aliphatic rings. The van der Waals surface area contributed by atoms with E-state index < -0.39 is 11.9 Å². The van der Waals surface area contributed by atoms with Gasteiger partial charge in [0.2, 0.25) is 0 Å². The van der Waals surface area contributed by atoms with Crippen LogP contribution < -0.4 is 4.74 Å². The van der Waals surface area contributed by atoms with E-state index in [1.807, 2.05) is 0 Å². The minimum absolute atomic E-state index is 0.0600. The molecule has 0 bridgehead atoms. The van der Waals surface area contributed by atoms with Crippen molar-refractivity contribution < 1.29 is 28.5 Å². The van der Waals surface area contributed by atoms with E-state index in [4.69, 9.17) is 18.9 Å². The number of esters is 2. The molecule has 1 aromatic heterocycles. The van der Waals surface area contributed by atoms with Crippen molar-refractivity contribution in [3.63, 3.8) is 0 Å². The Morgan fingerprint density at radius 3 is 2.44 bits per heavy atom. The average Bonchev–Trinajstić information content (AvgIpc) is 3.03. The van der Waals surface area contributed by atoms with Gasteiger partial charge in [-0.1, -0.05) is 0 Å². The highest BCUT2D eigenvalue weighted by atomic mass is 16.5. The van der Waals surface area contributed by atoms with Crippen LogP contribution >= 0.6 is 0 Å². The third kappa shape index (κ3) is 2.74. The lowest BCUT2D eigenvalue weighted by Gasteiger charge is -2.21. The molecular weight excluding hydrogens is 326 g/mol. The molecule has 1 atom stereocenters. The molecule has 0 spiro atoms. The molecule has 0 saturated heterocycles. The smallest absolute Gasteiger partial charge is 0.339 e. The van der Waals surface area contributed by atoms with Crippen LogP contribution in [-0.2, 0) is 27.1 Å². The van der Waals surface area contributed by atoms with Crippen LogP contribution in [-0.4, -0.2) is 51.5 Å². The van der Waals surface area contributed by atoms with Crippen LogP contribution in [0.25, 0.3) is 10.9 Å². The number of rotatable bonds is 4. The monoisotopic (exact) mass is 347 g/mol. The molecule has 0 amide bonds. The average molecular weight is 347 g/mol. The van der Waals surface area contributed by atoms with Crippen molar-refractivity contribution in [1.82, 2.24) is 4.98 Å². The molecule has 2 aromatic rings. The summed E-state index contributed by atoms with van der Waals surface area (Å²) in [5.41, 5.74) is 2.98. The van der Waals surface area contributed by atoms with Gasteiger partial charge in [0.1, 0.15) is 5.75 Å². The van der Waals surface area contributed by atoms with Gasteiger partial charge in [-0.05, 0) is 24.5 Å². The van der Waals surface area contributed by atoms with Crippen molar-refractivity contribution in [1.29, 1.82) is 0 Å². The molecule has 134 valence electrons. The number of benzene rings is 1. The van der Waals surface area contributed by atoms with Crippen molar-refractivity contribution in [2.24, 2.45) is 0 Å². The highest BCUT2D eigenvalue weighted by Crippen LogP contribution is 2.39. The van der Waals surface area contributed by atoms with E-state index in [9.17, 15) is 9.59 Å². The molecule has 0 saturated carbocycles. The molecule has 3 rings (SSSR count). The summed E-state index contributed by atoms with van der Waals surface area (Å²) in [6.07, 6.45) is 2.38. The number of hydrogen-bond donors (Lipinski definition) is 1. The number of aryl methyl sites for hydroxylation is 1. The number of carbonyl (C=O) groups excluding carboxylic acids is 2. The van der Waals surface area contributed by atoms with E-state index in [0.717, 1.165) is 24.1 Å². The molecular formula is C18H21NO6. The Hall–Kier alpha value is -2.54. The Bertz CT molecular complexity index is 838. The Balaban J connectivity index is 2.38. The van der Waals surface area contributed by atoms with Gasteiger partial charge in [-0.15, -0.1) is 0 Å². The lowest BCUT2D eigenvalue weighted by atomic mass is 9.90. The summed E-state index contributed by atoms with van der Waals surface area (Å²) in [5.74, 6) is -0.726. The summed E-state index contributed by atoms with van der Waals surface area (Å²) in [6.45, 7) is 0. The number of aromatic amines is 1. The molecule has 7 heteroatoms. The Kier molecular flexibility index (Phi) is 4.67. The lowest BCUT2D eigenvalue weighted by molar-refractivity contribution is 0.0556. The van der Waals surface area contributed by atoms with Crippen LogP contribution in [0.1, 0.15) is 38.4 Å². The highest BCUT2D eigenvalue weighted by molar-refractivity contribution is 6.15. The van der Waals surface area contributed by atoms with Gasteiger partial charge in [0.15, 0.2) is 0 Å². The number of hydrogen-bond acceptors (Lipinski definition) is 6.